The first-order valence-corrected chi connectivity index (χ1v) is 5.53. The first-order valence-electron chi connectivity index (χ1n) is 5.53. The Labute approximate surface area is 90.5 Å². The molecule has 0 bridgehead atoms. The lowest BCUT2D eigenvalue weighted by Crippen LogP contribution is -2.44. The Morgan fingerprint density at radius 1 is 1.67 bits per heavy atom. The first-order chi connectivity index (χ1) is 7.26. The maximum absolute atomic E-state index is 11.2. The van der Waals surface area contributed by atoms with Gasteiger partial charge in [-0.3, -0.25) is 4.79 Å². The SMILES string of the molecule is CCCC(=O)ON1CCO[C@H](CCN)C1. The highest BCUT2D eigenvalue weighted by molar-refractivity contribution is 5.68. The Balaban J connectivity index is 2.26. The van der Waals surface area contributed by atoms with Gasteiger partial charge in [0, 0.05) is 6.42 Å². The summed E-state index contributed by atoms with van der Waals surface area (Å²) in [6.07, 6.45) is 2.19. The van der Waals surface area contributed by atoms with Gasteiger partial charge >= 0.3 is 5.97 Å². The molecule has 1 atom stereocenters. The number of nitrogens with zero attached hydrogens (tertiary/aromatic N) is 1. The molecular formula is C10H20N2O3. The summed E-state index contributed by atoms with van der Waals surface area (Å²) >= 11 is 0. The summed E-state index contributed by atoms with van der Waals surface area (Å²) in [5, 5.41) is 1.68. The lowest BCUT2D eigenvalue weighted by molar-refractivity contribution is -0.215. The van der Waals surface area contributed by atoms with Gasteiger partial charge in [0.2, 0.25) is 0 Å². The summed E-state index contributed by atoms with van der Waals surface area (Å²) in [5.41, 5.74) is 5.45. The van der Waals surface area contributed by atoms with E-state index < -0.39 is 0 Å². The Kier molecular flexibility index (Phi) is 5.60. The van der Waals surface area contributed by atoms with Crippen molar-refractivity contribution in [2.45, 2.75) is 32.3 Å². The highest BCUT2D eigenvalue weighted by Gasteiger charge is 2.22. The van der Waals surface area contributed by atoms with Crippen molar-refractivity contribution in [1.29, 1.82) is 0 Å². The maximum Gasteiger partial charge on any atom is 0.325 e. The molecule has 0 aromatic heterocycles. The number of hydroxylamine groups is 2. The lowest BCUT2D eigenvalue weighted by atomic mass is 10.2. The molecule has 1 aliphatic rings. The van der Waals surface area contributed by atoms with Gasteiger partial charge in [-0.15, -0.1) is 5.06 Å². The van der Waals surface area contributed by atoms with E-state index in [1.165, 1.54) is 0 Å². The Morgan fingerprint density at radius 2 is 2.47 bits per heavy atom. The minimum Gasteiger partial charge on any atom is -0.375 e. The third-order valence-electron chi connectivity index (χ3n) is 2.28. The molecule has 1 fully saturated rings. The summed E-state index contributed by atoms with van der Waals surface area (Å²) in [4.78, 5) is 16.4. The fourth-order valence-corrected chi connectivity index (χ4v) is 1.53. The number of hydrogen-bond donors (Lipinski definition) is 1. The van der Waals surface area contributed by atoms with Gasteiger partial charge < -0.3 is 15.3 Å². The molecule has 0 aliphatic carbocycles. The summed E-state index contributed by atoms with van der Waals surface area (Å²) in [5.74, 6) is -0.161. The van der Waals surface area contributed by atoms with Crippen LogP contribution in [0.1, 0.15) is 26.2 Å². The number of ether oxygens (including phenoxy) is 1. The van der Waals surface area contributed by atoms with Crippen LogP contribution in [-0.2, 0) is 14.4 Å². The standard InChI is InChI=1S/C10H20N2O3/c1-2-3-10(13)15-12-6-7-14-9(8-12)4-5-11/h9H,2-8,11H2,1H3/t9-/m1/s1. The topological polar surface area (TPSA) is 64.8 Å². The van der Waals surface area contributed by atoms with Crippen LogP contribution in [0.15, 0.2) is 0 Å². The lowest BCUT2D eigenvalue weighted by Gasteiger charge is -2.31. The number of rotatable bonds is 5. The van der Waals surface area contributed by atoms with Crippen molar-refractivity contribution in [3.8, 4) is 0 Å². The number of morpholine rings is 1. The van der Waals surface area contributed by atoms with Crippen LogP contribution in [0, 0.1) is 0 Å². The first kappa shape index (κ1) is 12.4. The molecule has 88 valence electrons. The number of carbonyl (C=O) groups excluding carboxylic acids is 1. The second-order valence-electron chi connectivity index (χ2n) is 3.67. The van der Waals surface area contributed by atoms with Gasteiger partial charge in [0.25, 0.3) is 0 Å². The van der Waals surface area contributed by atoms with E-state index in [1.807, 2.05) is 6.92 Å². The third kappa shape index (κ3) is 4.59. The van der Waals surface area contributed by atoms with Gasteiger partial charge in [0.1, 0.15) is 0 Å². The van der Waals surface area contributed by atoms with Crippen LogP contribution < -0.4 is 5.73 Å². The molecule has 0 aromatic rings. The minimum absolute atomic E-state index is 0.0955. The molecule has 1 saturated heterocycles. The van der Waals surface area contributed by atoms with E-state index >= 15 is 0 Å². The van der Waals surface area contributed by atoms with Gasteiger partial charge in [-0.1, -0.05) is 6.92 Å². The van der Waals surface area contributed by atoms with Crippen molar-refractivity contribution in [2.24, 2.45) is 5.73 Å². The van der Waals surface area contributed by atoms with Crippen molar-refractivity contribution >= 4 is 5.97 Å². The largest absolute Gasteiger partial charge is 0.375 e. The molecule has 2 N–H and O–H groups in total. The highest BCUT2D eigenvalue weighted by atomic mass is 16.7. The Hall–Kier alpha value is -0.650. The number of carbonyl (C=O) groups is 1. The summed E-state index contributed by atoms with van der Waals surface area (Å²) in [7, 11) is 0. The molecule has 0 unspecified atom stereocenters. The molecule has 0 radical (unpaired) electrons. The predicted octanol–water partition coefficient (Wildman–Crippen LogP) is 0.294. The fraction of sp³-hybridized carbons (Fsp3) is 0.900. The second kappa shape index (κ2) is 6.76. The normalized spacial score (nSPS) is 22.7. The van der Waals surface area contributed by atoms with Gasteiger partial charge in [-0.2, -0.15) is 0 Å². The van der Waals surface area contributed by atoms with E-state index in [2.05, 4.69) is 0 Å². The van der Waals surface area contributed by atoms with Crippen molar-refractivity contribution < 1.29 is 14.4 Å². The van der Waals surface area contributed by atoms with Crippen LogP contribution in [0.5, 0.6) is 0 Å². The second-order valence-corrected chi connectivity index (χ2v) is 3.67. The summed E-state index contributed by atoms with van der Waals surface area (Å²) in [6.45, 7) is 4.44. The van der Waals surface area contributed by atoms with Gasteiger partial charge in [0.05, 0.1) is 25.8 Å². The smallest absolute Gasteiger partial charge is 0.325 e. The molecule has 5 heteroatoms. The summed E-state index contributed by atoms with van der Waals surface area (Å²) in [6, 6.07) is 0. The summed E-state index contributed by atoms with van der Waals surface area (Å²) < 4.78 is 5.48. The van der Waals surface area contributed by atoms with Crippen LogP contribution in [0.2, 0.25) is 0 Å². The molecule has 0 amide bonds. The van der Waals surface area contributed by atoms with Crippen LogP contribution in [0.25, 0.3) is 0 Å². The van der Waals surface area contributed by atoms with E-state index in [1.54, 1.807) is 5.06 Å². The van der Waals surface area contributed by atoms with Crippen molar-refractivity contribution in [1.82, 2.24) is 5.06 Å². The van der Waals surface area contributed by atoms with E-state index in [0.29, 0.717) is 32.7 Å². The predicted molar refractivity (Wildman–Crippen MR) is 56.0 cm³/mol. The molecule has 15 heavy (non-hydrogen) atoms. The van der Waals surface area contributed by atoms with Gasteiger partial charge in [-0.25, -0.2) is 0 Å². The van der Waals surface area contributed by atoms with E-state index in [9.17, 15) is 4.79 Å². The Morgan fingerprint density at radius 3 is 3.13 bits per heavy atom. The molecule has 0 saturated carbocycles. The quantitative estimate of drug-likeness (QED) is 0.715. The fourth-order valence-electron chi connectivity index (χ4n) is 1.53. The average molecular weight is 216 g/mol. The van der Waals surface area contributed by atoms with Gasteiger partial charge in [0.15, 0.2) is 0 Å². The van der Waals surface area contributed by atoms with Crippen molar-refractivity contribution in [2.75, 3.05) is 26.2 Å². The van der Waals surface area contributed by atoms with E-state index in [4.69, 9.17) is 15.3 Å². The van der Waals surface area contributed by atoms with Gasteiger partial charge in [-0.05, 0) is 19.4 Å². The monoisotopic (exact) mass is 216 g/mol. The van der Waals surface area contributed by atoms with Crippen molar-refractivity contribution in [3.05, 3.63) is 0 Å². The maximum atomic E-state index is 11.2. The molecule has 0 spiro atoms. The van der Waals surface area contributed by atoms with E-state index in [0.717, 1.165) is 12.8 Å². The molecule has 1 rings (SSSR count). The molecule has 5 nitrogen and oxygen atoms in total. The van der Waals surface area contributed by atoms with Crippen molar-refractivity contribution in [3.63, 3.8) is 0 Å². The number of hydrogen-bond acceptors (Lipinski definition) is 5. The zero-order valence-electron chi connectivity index (χ0n) is 9.28. The third-order valence-corrected chi connectivity index (χ3v) is 2.28. The Bertz CT molecular complexity index is 197. The number of nitrogens with two attached hydrogens (primary N) is 1. The van der Waals surface area contributed by atoms with Crippen LogP contribution in [0.4, 0.5) is 0 Å². The van der Waals surface area contributed by atoms with E-state index in [-0.39, 0.29) is 12.1 Å². The van der Waals surface area contributed by atoms with Crippen LogP contribution in [0.3, 0.4) is 0 Å². The average Bonchev–Trinajstić information content (AvgIpc) is 2.19. The highest BCUT2D eigenvalue weighted by Crippen LogP contribution is 2.09. The zero-order valence-corrected chi connectivity index (χ0v) is 9.28. The molecular weight excluding hydrogens is 196 g/mol. The minimum atomic E-state index is -0.161. The zero-order chi connectivity index (χ0) is 11.1. The molecule has 1 aliphatic heterocycles. The van der Waals surface area contributed by atoms with Crippen LogP contribution >= 0.6 is 0 Å². The molecule has 0 aromatic carbocycles. The van der Waals surface area contributed by atoms with Crippen LogP contribution in [-0.4, -0.2) is 43.4 Å². The molecule has 1 heterocycles.